The Morgan fingerprint density at radius 1 is 1.20 bits per heavy atom. The van der Waals surface area contributed by atoms with Crippen molar-refractivity contribution < 1.29 is 9.59 Å². The maximum Gasteiger partial charge on any atom is 0.251 e. The van der Waals surface area contributed by atoms with Crippen molar-refractivity contribution >= 4 is 39.1 Å². The SMILES string of the molecule is Cc1ccc(NC(=O)CN)cc1C(=O)NCc1nc2ccccc2s1. The van der Waals surface area contributed by atoms with Crippen molar-refractivity contribution in [3.8, 4) is 0 Å². The molecule has 0 aliphatic heterocycles. The van der Waals surface area contributed by atoms with Gasteiger partial charge in [0, 0.05) is 11.3 Å². The third-order valence-corrected chi connectivity index (χ3v) is 4.73. The van der Waals surface area contributed by atoms with Crippen LogP contribution in [0.4, 0.5) is 5.69 Å². The molecule has 2 amide bonds. The molecule has 0 bridgehead atoms. The van der Waals surface area contributed by atoms with Gasteiger partial charge in [0.2, 0.25) is 5.91 Å². The van der Waals surface area contributed by atoms with Crippen LogP contribution in [0.1, 0.15) is 20.9 Å². The standard InChI is InChI=1S/C18H18N4O2S/c1-11-6-7-12(21-16(23)9-19)8-13(11)18(24)20-10-17-22-14-4-2-3-5-15(14)25-17/h2-8H,9-10,19H2,1H3,(H,20,24)(H,21,23). The first-order chi connectivity index (χ1) is 12.1. The molecule has 0 aliphatic carbocycles. The minimum absolute atomic E-state index is 0.104. The summed E-state index contributed by atoms with van der Waals surface area (Å²) >= 11 is 1.56. The summed E-state index contributed by atoms with van der Waals surface area (Å²) in [5.74, 6) is -0.509. The maximum absolute atomic E-state index is 12.5. The van der Waals surface area contributed by atoms with E-state index in [9.17, 15) is 9.59 Å². The molecule has 0 atom stereocenters. The average Bonchev–Trinajstić information content (AvgIpc) is 3.04. The predicted octanol–water partition coefficient (Wildman–Crippen LogP) is 2.43. The molecule has 1 heterocycles. The molecule has 0 saturated heterocycles. The molecule has 6 nitrogen and oxygen atoms in total. The summed E-state index contributed by atoms with van der Waals surface area (Å²) in [6, 6.07) is 13.0. The summed E-state index contributed by atoms with van der Waals surface area (Å²) in [6.07, 6.45) is 0. The van der Waals surface area contributed by atoms with Crippen LogP contribution >= 0.6 is 11.3 Å². The monoisotopic (exact) mass is 354 g/mol. The quantitative estimate of drug-likeness (QED) is 0.655. The molecule has 0 fully saturated rings. The van der Waals surface area contributed by atoms with Gasteiger partial charge < -0.3 is 16.4 Å². The van der Waals surface area contributed by atoms with Crippen molar-refractivity contribution in [1.29, 1.82) is 0 Å². The van der Waals surface area contributed by atoms with Gasteiger partial charge in [0.15, 0.2) is 0 Å². The van der Waals surface area contributed by atoms with Crippen molar-refractivity contribution in [2.24, 2.45) is 5.73 Å². The molecule has 25 heavy (non-hydrogen) atoms. The van der Waals surface area contributed by atoms with E-state index in [0.29, 0.717) is 17.8 Å². The number of nitrogens with one attached hydrogen (secondary N) is 2. The summed E-state index contributed by atoms with van der Waals surface area (Å²) in [6.45, 7) is 2.10. The van der Waals surface area contributed by atoms with Gasteiger partial charge in [-0.25, -0.2) is 4.98 Å². The fourth-order valence-corrected chi connectivity index (χ4v) is 3.31. The zero-order chi connectivity index (χ0) is 17.8. The van der Waals surface area contributed by atoms with E-state index in [0.717, 1.165) is 20.8 Å². The number of anilines is 1. The topological polar surface area (TPSA) is 97.1 Å². The van der Waals surface area contributed by atoms with E-state index < -0.39 is 0 Å². The highest BCUT2D eigenvalue weighted by atomic mass is 32.1. The maximum atomic E-state index is 12.5. The van der Waals surface area contributed by atoms with Crippen LogP contribution < -0.4 is 16.4 Å². The number of carbonyl (C=O) groups is 2. The van der Waals surface area contributed by atoms with Crippen molar-refractivity contribution in [2.45, 2.75) is 13.5 Å². The van der Waals surface area contributed by atoms with E-state index in [2.05, 4.69) is 15.6 Å². The lowest BCUT2D eigenvalue weighted by molar-refractivity contribution is -0.114. The number of amides is 2. The molecule has 4 N–H and O–H groups in total. The summed E-state index contributed by atoms with van der Waals surface area (Å²) < 4.78 is 1.09. The zero-order valence-electron chi connectivity index (χ0n) is 13.7. The van der Waals surface area contributed by atoms with Crippen LogP contribution in [-0.2, 0) is 11.3 Å². The fourth-order valence-electron chi connectivity index (χ4n) is 2.40. The number of thiazole rings is 1. The first kappa shape index (κ1) is 17.1. The van der Waals surface area contributed by atoms with Crippen molar-refractivity contribution in [3.63, 3.8) is 0 Å². The first-order valence-corrected chi connectivity index (χ1v) is 8.61. The number of para-hydroxylation sites is 1. The van der Waals surface area contributed by atoms with Gasteiger partial charge in [0.25, 0.3) is 5.91 Å². The third kappa shape index (κ3) is 4.01. The number of fused-ring (bicyclic) bond motifs is 1. The molecule has 0 saturated carbocycles. The van der Waals surface area contributed by atoms with E-state index in [-0.39, 0.29) is 18.4 Å². The Morgan fingerprint density at radius 3 is 2.76 bits per heavy atom. The number of benzene rings is 2. The van der Waals surface area contributed by atoms with Crippen molar-refractivity contribution in [1.82, 2.24) is 10.3 Å². The summed E-state index contributed by atoms with van der Waals surface area (Å²) in [4.78, 5) is 28.4. The lowest BCUT2D eigenvalue weighted by Crippen LogP contribution is -2.25. The Kier molecular flexibility index (Phi) is 5.06. The zero-order valence-corrected chi connectivity index (χ0v) is 14.5. The highest BCUT2D eigenvalue weighted by molar-refractivity contribution is 7.18. The molecule has 0 spiro atoms. The largest absolute Gasteiger partial charge is 0.346 e. The molecule has 128 valence electrons. The van der Waals surface area contributed by atoms with Gasteiger partial charge >= 0.3 is 0 Å². The molecule has 1 aromatic heterocycles. The van der Waals surface area contributed by atoms with Gasteiger partial charge in [-0.1, -0.05) is 18.2 Å². The smallest absolute Gasteiger partial charge is 0.251 e. The molecule has 0 aliphatic rings. The molecule has 7 heteroatoms. The Hall–Kier alpha value is -2.77. The summed E-state index contributed by atoms with van der Waals surface area (Å²) in [5.41, 5.74) is 8.11. The molecule has 0 radical (unpaired) electrons. The average molecular weight is 354 g/mol. The molecule has 3 rings (SSSR count). The van der Waals surface area contributed by atoms with Crippen LogP contribution in [0.5, 0.6) is 0 Å². The number of aromatic nitrogens is 1. The predicted molar refractivity (Wildman–Crippen MR) is 99.7 cm³/mol. The number of nitrogens with zero attached hydrogens (tertiary/aromatic N) is 1. The normalized spacial score (nSPS) is 10.6. The molecular weight excluding hydrogens is 336 g/mol. The van der Waals surface area contributed by atoms with Gasteiger partial charge in [0.05, 0.1) is 23.3 Å². The van der Waals surface area contributed by atoms with Crippen molar-refractivity contribution in [2.75, 3.05) is 11.9 Å². The van der Waals surface area contributed by atoms with Crippen molar-refractivity contribution in [3.05, 3.63) is 58.6 Å². The van der Waals surface area contributed by atoms with Gasteiger partial charge in [-0.2, -0.15) is 0 Å². The molecular formula is C18H18N4O2S. The second-order valence-electron chi connectivity index (χ2n) is 5.54. The molecule has 0 unspecified atom stereocenters. The van der Waals surface area contributed by atoms with Crippen LogP contribution in [0, 0.1) is 6.92 Å². The van der Waals surface area contributed by atoms with Crippen LogP contribution in [0.2, 0.25) is 0 Å². The van der Waals surface area contributed by atoms with E-state index in [1.165, 1.54) is 0 Å². The number of nitrogens with two attached hydrogens (primary N) is 1. The Balaban J connectivity index is 1.71. The number of rotatable bonds is 5. The van der Waals surface area contributed by atoms with Gasteiger partial charge in [0.1, 0.15) is 5.01 Å². The number of hydrogen-bond acceptors (Lipinski definition) is 5. The molecule has 2 aromatic carbocycles. The van der Waals surface area contributed by atoms with E-state index >= 15 is 0 Å². The second-order valence-corrected chi connectivity index (χ2v) is 6.66. The Morgan fingerprint density at radius 2 is 2.00 bits per heavy atom. The highest BCUT2D eigenvalue weighted by Gasteiger charge is 2.12. The minimum atomic E-state index is -0.301. The van der Waals surface area contributed by atoms with E-state index in [1.54, 1.807) is 29.5 Å². The molecule has 3 aromatic rings. The van der Waals surface area contributed by atoms with Gasteiger partial charge in [-0.15, -0.1) is 11.3 Å². The third-order valence-electron chi connectivity index (χ3n) is 3.69. The highest BCUT2D eigenvalue weighted by Crippen LogP contribution is 2.21. The Bertz CT molecular complexity index is 903. The van der Waals surface area contributed by atoms with Gasteiger partial charge in [-0.05, 0) is 36.8 Å². The number of hydrogen-bond donors (Lipinski definition) is 3. The van der Waals surface area contributed by atoms with Gasteiger partial charge in [-0.3, -0.25) is 9.59 Å². The lowest BCUT2D eigenvalue weighted by atomic mass is 10.1. The first-order valence-electron chi connectivity index (χ1n) is 7.80. The number of aryl methyl sites for hydroxylation is 1. The number of carbonyl (C=O) groups excluding carboxylic acids is 2. The minimum Gasteiger partial charge on any atom is -0.346 e. The van der Waals surface area contributed by atoms with E-state index in [4.69, 9.17) is 5.73 Å². The van der Waals surface area contributed by atoms with Crippen LogP contribution in [0.25, 0.3) is 10.2 Å². The summed E-state index contributed by atoms with van der Waals surface area (Å²) in [5, 5.41) is 6.38. The second kappa shape index (κ2) is 7.42. The summed E-state index contributed by atoms with van der Waals surface area (Å²) in [7, 11) is 0. The van der Waals surface area contributed by atoms with E-state index in [1.807, 2.05) is 31.2 Å². The van der Waals surface area contributed by atoms with Crippen LogP contribution in [-0.4, -0.2) is 23.3 Å². The van der Waals surface area contributed by atoms with Crippen LogP contribution in [0.15, 0.2) is 42.5 Å². The van der Waals surface area contributed by atoms with Crippen LogP contribution in [0.3, 0.4) is 0 Å². The fraction of sp³-hybridized carbons (Fsp3) is 0.167. The lowest BCUT2D eigenvalue weighted by Gasteiger charge is -2.10. The Labute approximate surface area is 149 Å².